The van der Waals surface area contributed by atoms with E-state index in [1.165, 1.54) is 0 Å². The number of hydrogen-bond acceptors (Lipinski definition) is 9. The van der Waals surface area contributed by atoms with Crippen LogP contribution >= 0.6 is 22.5 Å². The topological polar surface area (TPSA) is 65.1 Å². The second-order valence-corrected chi connectivity index (χ2v) is 16.1. The quantitative estimate of drug-likeness (QED) is 0.562. The van der Waals surface area contributed by atoms with Crippen molar-refractivity contribution in [1.82, 2.24) is 28.4 Å². The molecule has 2 aliphatic heterocycles. The first-order valence-corrected chi connectivity index (χ1v) is 12.5. The molecule has 0 aromatic rings. The molecule has 1 saturated heterocycles. The Morgan fingerprint density at radius 2 is 1.09 bits per heavy atom. The summed E-state index contributed by atoms with van der Waals surface area (Å²) in [6.45, 7) is 2.12. The molecule has 1 unspecified atom stereocenters. The molecule has 1 N–H and O–H groups in total. The second-order valence-electron chi connectivity index (χ2n) is 6.48. The summed E-state index contributed by atoms with van der Waals surface area (Å²) < 4.78 is 27.1. The summed E-state index contributed by atoms with van der Waals surface area (Å²) in [6, 6.07) is 0. The first-order valence-electron chi connectivity index (χ1n) is 7.63. The number of rotatable bonds is 6. The molecular weight excluding hydrogens is 351 g/mol. The lowest BCUT2D eigenvalue weighted by Crippen LogP contribution is -2.27. The van der Waals surface area contributed by atoms with Crippen LogP contribution in [0.2, 0.25) is 0 Å². The van der Waals surface area contributed by atoms with E-state index in [0.717, 1.165) is 13.1 Å². The lowest BCUT2D eigenvalue weighted by molar-refractivity contribution is 0.544. The summed E-state index contributed by atoms with van der Waals surface area (Å²) in [4.78, 5) is 0. The van der Waals surface area contributed by atoms with Gasteiger partial charge in [-0.1, -0.05) is 0 Å². The molecule has 23 heavy (non-hydrogen) atoms. The molecule has 0 saturated carbocycles. The predicted molar refractivity (Wildman–Crippen MR) is 103 cm³/mol. The van der Waals surface area contributed by atoms with Gasteiger partial charge >= 0.3 is 0 Å². The molecule has 2 rings (SSSR count). The molecule has 0 spiro atoms. The Kier molecular flexibility index (Phi) is 5.71. The van der Waals surface area contributed by atoms with Crippen molar-refractivity contribution in [3.05, 3.63) is 0 Å². The third-order valence-electron chi connectivity index (χ3n) is 3.99. The average Bonchev–Trinajstić information content (AvgIpc) is 3.30. The molecule has 0 bridgehead atoms. The van der Waals surface area contributed by atoms with Crippen LogP contribution in [0.15, 0.2) is 13.5 Å². The van der Waals surface area contributed by atoms with Gasteiger partial charge in [0.1, 0.15) is 0 Å². The maximum Gasteiger partial charge on any atom is 0.220 e. The predicted octanol–water partition coefficient (Wildman–Crippen LogP) is 2.62. The normalized spacial score (nSPS) is 29.6. The molecule has 2 aliphatic rings. The molecule has 0 aliphatic carbocycles. The minimum absolute atomic E-state index is 1.06. The van der Waals surface area contributed by atoms with Gasteiger partial charge in [0.15, 0.2) is 0 Å². The SMILES string of the molecule is CNP1(N2CC2)=NP(N(C)C)(N(C)C)=NP(N(C)C)(N(C)C)=N1. The van der Waals surface area contributed by atoms with Crippen LogP contribution in [0.25, 0.3) is 0 Å². The Bertz CT molecular complexity index is 575. The molecular formula is C11H32N9P3. The monoisotopic (exact) mass is 383 g/mol. The molecule has 1 atom stereocenters. The van der Waals surface area contributed by atoms with Gasteiger partial charge in [-0.2, -0.15) is 13.5 Å². The van der Waals surface area contributed by atoms with E-state index in [1.807, 2.05) is 7.05 Å². The van der Waals surface area contributed by atoms with Gasteiger partial charge in [-0.05, 0) is 63.4 Å². The van der Waals surface area contributed by atoms with Crippen LogP contribution in [0.5, 0.6) is 0 Å². The highest BCUT2D eigenvalue weighted by atomic mass is 31.3. The Balaban J connectivity index is 2.93. The molecule has 2 heterocycles. The van der Waals surface area contributed by atoms with E-state index < -0.39 is 22.5 Å². The van der Waals surface area contributed by atoms with E-state index in [-0.39, 0.29) is 0 Å². The summed E-state index contributed by atoms with van der Waals surface area (Å²) >= 11 is 0. The standard InChI is InChI=1S/C11H32N9P3/c1-12-21(20-10-11-20)13-22(16(2)3,17(4)5)15-23(14-21,18(6)7)19(8)9/h12H,10-11H2,1-9H3. The zero-order valence-electron chi connectivity index (χ0n) is 15.8. The molecule has 9 nitrogen and oxygen atoms in total. The largest absolute Gasteiger partial charge is 0.256 e. The van der Waals surface area contributed by atoms with Crippen LogP contribution < -0.4 is 5.09 Å². The highest BCUT2D eigenvalue weighted by molar-refractivity contribution is 7.83. The molecule has 1 fully saturated rings. The second kappa shape index (κ2) is 6.64. The van der Waals surface area contributed by atoms with Gasteiger partial charge in [0.05, 0.1) is 0 Å². The van der Waals surface area contributed by atoms with E-state index in [4.69, 9.17) is 13.5 Å². The molecule has 0 aromatic carbocycles. The fraction of sp³-hybridized carbons (Fsp3) is 1.00. The Morgan fingerprint density at radius 3 is 1.39 bits per heavy atom. The smallest absolute Gasteiger partial charge is 0.220 e. The lowest BCUT2D eigenvalue weighted by Gasteiger charge is -2.44. The van der Waals surface area contributed by atoms with Gasteiger partial charge in [-0.25, -0.2) is 23.4 Å². The third kappa shape index (κ3) is 3.17. The first-order chi connectivity index (χ1) is 10.6. The van der Waals surface area contributed by atoms with Crippen molar-refractivity contribution in [3.63, 3.8) is 0 Å². The van der Waals surface area contributed by atoms with Crippen molar-refractivity contribution in [1.29, 1.82) is 0 Å². The summed E-state index contributed by atoms with van der Waals surface area (Å²) in [5.41, 5.74) is 0. The zero-order chi connectivity index (χ0) is 17.6. The maximum atomic E-state index is 5.35. The number of hydrogen-bond donors (Lipinski definition) is 1. The van der Waals surface area contributed by atoms with E-state index in [1.54, 1.807) is 0 Å². The maximum absolute atomic E-state index is 5.35. The minimum Gasteiger partial charge on any atom is -0.256 e. The van der Waals surface area contributed by atoms with Crippen molar-refractivity contribution in [2.24, 2.45) is 13.5 Å². The average molecular weight is 383 g/mol. The third-order valence-corrected chi connectivity index (χ3v) is 15.9. The van der Waals surface area contributed by atoms with Crippen molar-refractivity contribution in [2.75, 3.05) is 76.5 Å². The van der Waals surface area contributed by atoms with Crippen LogP contribution in [0, 0.1) is 0 Å². The fourth-order valence-electron chi connectivity index (χ4n) is 2.57. The molecule has 0 aromatic heterocycles. The van der Waals surface area contributed by atoms with Gasteiger partial charge in [0.25, 0.3) is 0 Å². The van der Waals surface area contributed by atoms with E-state index in [9.17, 15) is 0 Å². The Hall–Kier alpha value is 0.450. The number of nitrogens with zero attached hydrogens (tertiary/aromatic N) is 8. The first kappa shape index (κ1) is 19.8. The highest BCUT2D eigenvalue weighted by Crippen LogP contribution is 2.80. The van der Waals surface area contributed by atoms with Gasteiger partial charge in [-0.3, -0.25) is 5.09 Å². The highest BCUT2D eigenvalue weighted by Gasteiger charge is 2.46. The molecule has 136 valence electrons. The van der Waals surface area contributed by atoms with Crippen LogP contribution in [-0.4, -0.2) is 99.9 Å². The Labute approximate surface area is 141 Å². The van der Waals surface area contributed by atoms with Crippen molar-refractivity contribution < 1.29 is 0 Å². The fourth-order valence-corrected chi connectivity index (χ4v) is 17.0. The van der Waals surface area contributed by atoms with Gasteiger partial charge < -0.3 is 0 Å². The van der Waals surface area contributed by atoms with Crippen LogP contribution in [-0.2, 0) is 0 Å². The van der Waals surface area contributed by atoms with E-state index in [0.29, 0.717) is 0 Å². The molecule has 0 radical (unpaired) electrons. The van der Waals surface area contributed by atoms with E-state index in [2.05, 4.69) is 84.8 Å². The van der Waals surface area contributed by atoms with Crippen LogP contribution in [0.4, 0.5) is 0 Å². The Morgan fingerprint density at radius 1 is 0.696 bits per heavy atom. The lowest BCUT2D eigenvalue weighted by atomic mass is 11.0. The van der Waals surface area contributed by atoms with Gasteiger partial charge in [0.2, 0.25) is 22.5 Å². The molecule has 0 amide bonds. The van der Waals surface area contributed by atoms with Crippen molar-refractivity contribution >= 4 is 22.5 Å². The van der Waals surface area contributed by atoms with Crippen LogP contribution in [0.1, 0.15) is 0 Å². The van der Waals surface area contributed by atoms with Crippen molar-refractivity contribution in [2.45, 2.75) is 0 Å². The zero-order valence-corrected chi connectivity index (χ0v) is 18.5. The summed E-state index contributed by atoms with van der Waals surface area (Å²) in [5.74, 6) is 0. The molecule has 12 heteroatoms. The summed E-state index contributed by atoms with van der Waals surface area (Å²) in [7, 11) is 12.2. The van der Waals surface area contributed by atoms with Crippen molar-refractivity contribution in [3.8, 4) is 0 Å². The van der Waals surface area contributed by atoms with Crippen LogP contribution in [0.3, 0.4) is 0 Å². The number of nitrogens with one attached hydrogen (secondary N) is 1. The summed E-state index contributed by atoms with van der Waals surface area (Å²) in [6.07, 6.45) is 0. The summed E-state index contributed by atoms with van der Waals surface area (Å²) in [5, 5.41) is 3.50. The minimum atomic E-state index is -2.18. The van der Waals surface area contributed by atoms with Gasteiger partial charge in [-0.15, -0.1) is 0 Å². The van der Waals surface area contributed by atoms with Gasteiger partial charge in [0, 0.05) is 13.1 Å². The van der Waals surface area contributed by atoms with E-state index >= 15 is 0 Å².